The van der Waals surface area contributed by atoms with Gasteiger partial charge in [-0.15, -0.1) is 21.5 Å². The number of aryl methyl sites for hydroxylation is 1. The molecule has 0 radical (unpaired) electrons. The quantitative estimate of drug-likeness (QED) is 0.255. The molecule has 0 N–H and O–H groups in total. The Morgan fingerprint density at radius 1 is 1.40 bits per heavy atom. The van der Waals surface area contributed by atoms with Crippen LogP contribution in [-0.2, 0) is 22.7 Å². The van der Waals surface area contributed by atoms with Crippen molar-refractivity contribution in [1.29, 1.82) is 5.26 Å². The number of thiophene rings is 1. The van der Waals surface area contributed by atoms with Crippen LogP contribution in [0.4, 0.5) is 0 Å². The van der Waals surface area contributed by atoms with Crippen molar-refractivity contribution in [1.82, 2.24) is 14.8 Å². The number of nitrogens with zero attached hydrogens (tertiary/aromatic N) is 4. The maximum atomic E-state index is 12.4. The Morgan fingerprint density at radius 3 is 2.80 bits per heavy atom. The predicted molar refractivity (Wildman–Crippen MR) is 117 cm³/mol. The molecule has 9 heteroatoms. The van der Waals surface area contributed by atoms with Crippen LogP contribution in [0.2, 0.25) is 0 Å². The zero-order valence-corrected chi connectivity index (χ0v) is 19.5. The highest BCUT2D eigenvalue weighted by atomic mass is 79.9. The first-order valence-corrected chi connectivity index (χ1v) is 10.9. The number of halogens is 1. The van der Waals surface area contributed by atoms with Crippen molar-refractivity contribution in [3.8, 4) is 16.8 Å². The van der Waals surface area contributed by atoms with Crippen molar-refractivity contribution < 1.29 is 13.9 Å². The van der Waals surface area contributed by atoms with Gasteiger partial charge in [0.05, 0.1) is 8.66 Å². The predicted octanol–water partition coefficient (Wildman–Crippen LogP) is 5.29. The minimum absolute atomic E-state index is 0.0817. The van der Waals surface area contributed by atoms with E-state index >= 15 is 0 Å². The van der Waals surface area contributed by atoms with Gasteiger partial charge in [-0.2, -0.15) is 5.26 Å². The highest BCUT2D eigenvalue weighted by molar-refractivity contribution is 9.11. The fourth-order valence-electron chi connectivity index (χ4n) is 2.96. The summed E-state index contributed by atoms with van der Waals surface area (Å²) >= 11 is 4.84. The van der Waals surface area contributed by atoms with E-state index in [2.05, 4.69) is 44.5 Å². The summed E-state index contributed by atoms with van der Waals surface area (Å²) < 4.78 is 13.9. The minimum Gasteiger partial charge on any atom is -0.451 e. The van der Waals surface area contributed by atoms with Gasteiger partial charge in [-0.05, 0) is 65.5 Å². The maximum Gasteiger partial charge on any atom is 0.349 e. The van der Waals surface area contributed by atoms with Crippen molar-refractivity contribution in [2.75, 3.05) is 0 Å². The largest absolute Gasteiger partial charge is 0.451 e. The molecule has 0 fully saturated rings. The lowest BCUT2D eigenvalue weighted by Crippen LogP contribution is -2.08. The van der Waals surface area contributed by atoms with E-state index in [0.29, 0.717) is 11.8 Å². The van der Waals surface area contributed by atoms with Crippen LogP contribution in [0.25, 0.3) is 16.8 Å². The number of nitriles is 1. The zero-order chi connectivity index (χ0) is 21.8. The Hall–Kier alpha value is -2.70. The van der Waals surface area contributed by atoms with Gasteiger partial charge in [0.1, 0.15) is 11.6 Å². The number of hydrogen-bond donors (Lipinski definition) is 0. The molecule has 156 valence electrons. The second kappa shape index (κ2) is 9.41. The molecule has 0 spiro atoms. The highest BCUT2D eigenvalue weighted by Crippen LogP contribution is 2.30. The van der Waals surface area contributed by atoms with Crippen LogP contribution >= 0.6 is 27.3 Å². The number of esters is 1. The lowest BCUT2D eigenvalue weighted by Gasteiger charge is -2.12. The summed E-state index contributed by atoms with van der Waals surface area (Å²) in [5.41, 5.74) is 2.83. The molecule has 3 heterocycles. The Bertz CT molecular complexity index is 1130. The fourth-order valence-corrected chi connectivity index (χ4v) is 4.27. The molecule has 3 rings (SSSR count). The molecule has 30 heavy (non-hydrogen) atoms. The molecule has 0 amide bonds. The third-order valence-corrected chi connectivity index (χ3v) is 5.99. The van der Waals surface area contributed by atoms with Crippen molar-refractivity contribution in [2.24, 2.45) is 5.92 Å². The molecule has 0 aliphatic heterocycles. The van der Waals surface area contributed by atoms with Crippen LogP contribution in [0.5, 0.6) is 0 Å². The van der Waals surface area contributed by atoms with Gasteiger partial charge >= 0.3 is 5.97 Å². The summed E-state index contributed by atoms with van der Waals surface area (Å²) in [5, 5.41) is 17.3. The first-order valence-electron chi connectivity index (χ1n) is 9.32. The maximum absolute atomic E-state index is 12.4. The zero-order valence-electron chi connectivity index (χ0n) is 17.1. The summed E-state index contributed by atoms with van der Waals surface area (Å²) in [6.45, 7) is 8.95. The van der Waals surface area contributed by atoms with Crippen molar-refractivity contribution in [2.45, 2.75) is 40.8 Å². The Kier molecular flexibility index (Phi) is 6.90. The smallest absolute Gasteiger partial charge is 0.349 e. The molecule has 7 nitrogen and oxygen atoms in total. The van der Waals surface area contributed by atoms with Gasteiger partial charge in [-0.25, -0.2) is 4.79 Å². The third-order valence-electron chi connectivity index (χ3n) is 4.38. The van der Waals surface area contributed by atoms with Crippen LogP contribution in [0.3, 0.4) is 0 Å². The summed E-state index contributed by atoms with van der Waals surface area (Å²) in [7, 11) is 0. The average molecular weight is 489 g/mol. The van der Waals surface area contributed by atoms with Gasteiger partial charge in [0.2, 0.25) is 0 Å². The average Bonchev–Trinajstić information content (AvgIpc) is 3.40. The third kappa shape index (κ3) is 5.07. The van der Waals surface area contributed by atoms with Crippen molar-refractivity contribution in [3.05, 3.63) is 50.4 Å². The molecule has 0 saturated heterocycles. The molecule has 3 aromatic rings. The SMILES string of the molecule is Cc1cc(/C=C(\C#N)C(=O)OCc2nnc(-c3ccc(Br)s3)o2)c(C)n1CC(C)C. The second-order valence-electron chi connectivity index (χ2n) is 7.18. The van der Waals surface area contributed by atoms with Gasteiger partial charge in [0, 0.05) is 17.9 Å². The van der Waals surface area contributed by atoms with Gasteiger partial charge in [-0.3, -0.25) is 0 Å². The normalized spacial score (nSPS) is 11.7. The van der Waals surface area contributed by atoms with E-state index in [9.17, 15) is 10.1 Å². The molecular weight excluding hydrogens is 468 g/mol. The van der Waals surface area contributed by atoms with Crippen LogP contribution < -0.4 is 0 Å². The Morgan fingerprint density at radius 2 is 2.17 bits per heavy atom. The standard InChI is InChI=1S/C21H21BrN4O3S/c1-12(2)10-26-13(3)7-15(14(26)4)8-16(9-23)21(27)28-11-19-24-25-20(29-19)17-5-6-18(22)30-17/h5-8,12H,10-11H2,1-4H3/b16-8+. The van der Waals surface area contributed by atoms with Crippen LogP contribution in [0.1, 0.15) is 36.7 Å². The van der Waals surface area contributed by atoms with E-state index in [1.807, 2.05) is 38.1 Å². The lowest BCUT2D eigenvalue weighted by molar-refractivity contribution is -0.140. The van der Waals surface area contributed by atoms with Gasteiger partial charge in [0.15, 0.2) is 6.61 Å². The van der Waals surface area contributed by atoms with Crippen molar-refractivity contribution >= 4 is 39.3 Å². The second-order valence-corrected chi connectivity index (χ2v) is 9.64. The van der Waals surface area contributed by atoms with Gasteiger partial charge < -0.3 is 13.7 Å². The number of aromatic nitrogens is 3. The molecule has 3 aromatic heterocycles. The van der Waals surface area contributed by atoms with E-state index < -0.39 is 5.97 Å². The summed E-state index contributed by atoms with van der Waals surface area (Å²) in [6.07, 6.45) is 1.56. The Balaban J connectivity index is 1.70. The summed E-state index contributed by atoms with van der Waals surface area (Å²) in [6, 6.07) is 7.62. The van der Waals surface area contributed by atoms with E-state index in [1.54, 1.807) is 6.08 Å². The first-order chi connectivity index (χ1) is 14.3. The van der Waals surface area contributed by atoms with Crippen LogP contribution in [0.15, 0.2) is 32.0 Å². The van der Waals surface area contributed by atoms with Gasteiger partial charge in [0.25, 0.3) is 11.8 Å². The minimum atomic E-state index is -0.732. The molecule has 0 saturated carbocycles. The fraction of sp³-hybridized carbons (Fsp3) is 0.333. The highest BCUT2D eigenvalue weighted by Gasteiger charge is 2.17. The van der Waals surface area contributed by atoms with Crippen molar-refractivity contribution in [3.63, 3.8) is 0 Å². The molecule has 0 aromatic carbocycles. The number of ether oxygens (including phenoxy) is 1. The summed E-state index contributed by atoms with van der Waals surface area (Å²) in [4.78, 5) is 13.2. The van der Waals surface area contributed by atoms with Gasteiger partial charge in [-0.1, -0.05) is 13.8 Å². The summed E-state index contributed by atoms with van der Waals surface area (Å²) in [5.74, 6) is 0.270. The molecule has 0 aliphatic rings. The first kappa shape index (κ1) is 22.0. The van der Waals surface area contributed by atoms with E-state index in [0.717, 1.165) is 32.2 Å². The van der Waals surface area contributed by atoms with E-state index in [4.69, 9.17) is 9.15 Å². The number of carbonyl (C=O) groups is 1. The molecular formula is C21H21BrN4O3S. The molecule has 0 unspecified atom stereocenters. The Labute approximate surface area is 187 Å². The molecule has 0 aliphatic carbocycles. The van der Waals surface area contributed by atoms with E-state index in [-0.39, 0.29) is 18.1 Å². The van der Waals surface area contributed by atoms with Crippen LogP contribution in [-0.4, -0.2) is 20.7 Å². The monoisotopic (exact) mass is 488 g/mol. The lowest BCUT2D eigenvalue weighted by atomic mass is 10.1. The number of hydrogen-bond acceptors (Lipinski definition) is 7. The topological polar surface area (TPSA) is 93.9 Å². The van der Waals surface area contributed by atoms with Crippen LogP contribution in [0, 0.1) is 31.1 Å². The molecule has 0 atom stereocenters. The number of rotatable bonds is 7. The molecule has 0 bridgehead atoms. The number of carbonyl (C=O) groups excluding carboxylic acids is 1. The van der Waals surface area contributed by atoms with E-state index in [1.165, 1.54) is 11.3 Å².